The topological polar surface area (TPSA) is 71.2 Å². The molecule has 22 heavy (non-hydrogen) atoms. The standard InChI is InChI=1S/C16H20N4O2/c1-12(21)14-3-2-7-19(10-14)16(22)13-4-5-15(18-9-13)20-8-6-17-11-20/h4-6,8-9,11-12,14,21H,2-3,7,10H2,1H3. The van der Waals surface area contributed by atoms with Crippen LogP contribution in [0.3, 0.4) is 0 Å². The minimum atomic E-state index is -0.377. The van der Waals surface area contributed by atoms with Gasteiger partial charge in [-0.2, -0.15) is 0 Å². The Morgan fingerprint density at radius 2 is 2.32 bits per heavy atom. The van der Waals surface area contributed by atoms with E-state index >= 15 is 0 Å². The Hall–Kier alpha value is -2.21. The van der Waals surface area contributed by atoms with Crippen LogP contribution in [-0.2, 0) is 0 Å². The second-order valence-corrected chi connectivity index (χ2v) is 5.77. The molecule has 2 aromatic rings. The lowest BCUT2D eigenvalue weighted by Gasteiger charge is -2.34. The highest BCUT2D eigenvalue weighted by Crippen LogP contribution is 2.21. The van der Waals surface area contributed by atoms with Crippen molar-refractivity contribution in [2.24, 2.45) is 5.92 Å². The fourth-order valence-corrected chi connectivity index (χ4v) is 2.83. The van der Waals surface area contributed by atoms with E-state index in [9.17, 15) is 9.90 Å². The third-order valence-corrected chi connectivity index (χ3v) is 4.19. The number of aliphatic hydroxyl groups excluding tert-OH is 1. The van der Waals surface area contributed by atoms with E-state index in [2.05, 4.69) is 9.97 Å². The van der Waals surface area contributed by atoms with Crippen LogP contribution >= 0.6 is 0 Å². The zero-order valence-corrected chi connectivity index (χ0v) is 12.6. The van der Waals surface area contributed by atoms with E-state index in [1.165, 1.54) is 0 Å². The number of carbonyl (C=O) groups excluding carboxylic acids is 1. The number of rotatable bonds is 3. The first-order valence-electron chi connectivity index (χ1n) is 7.57. The largest absolute Gasteiger partial charge is 0.393 e. The van der Waals surface area contributed by atoms with Gasteiger partial charge in [0.2, 0.25) is 0 Å². The van der Waals surface area contributed by atoms with E-state index in [0.717, 1.165) is 25.2 Å². The molecule has 1 saturated heterocycles. The molecule has 3 rings (SSSR count). The quantitative estimate of drug-likeness (QED) is 0.932. The van der Waals surface area contributed by atoms with E-state index < -0.39 is 0 Å². The molecule has 2 atom stereocenters. The van der Waals surface area contributed by atoms with Gasteiger partial charge in [-0.25, -0.2) is 9.97 Å². The molecule has 1 N–H and O–H groups in total. The SMILES string of the molecule is CC(O)C1CCCN(C(=O)c2ccc(-n3ccnc3)nc2)C1. The Bertz CT molecular complexity index is 622. The summed E-state index contributed by atoms with van der Waals surface area (Å²) < 4.78 is 1.79. The molecule has 2 unspecified atom stereocenters. The van der Waals surface area contributed by atoms with Gasteiger partial charge in [0.15, 0.2) is 0 Å². The monoisotopic (exact) mass is 300 g/mol. The van der Waals surface area contributed by atoms with Crippen LogP contribution in [0.15, 0.2) is 37.1 Å². The lowest BCUT2D eigenvalue weighted by atomic mass is 9.93. The molecule has 0 aromatic carbocycles. The molecular weight excluding hydrogens is 280 g/mol. The van der Waals surface area contributed by atoms with Crippen LogP contribution in [0.5, 0.6) is 0 Å². The predicted octanol–water partition coefficient (Wildman–Crippen LogP) is 1.50. The number of likely N-dealkylation sites (tertiary alicyclic amines) is 1. The summed E-state index contributed by atoms with van der Waals surface area (Å²) in [4.78, 5) is 22.7. The van der Waals surface area contributed by atoms with Crippen LogP contribution in [-0.4, -0.2) is 49.6 Å². The van der Waals surface area contributed by atoms with Crippen LogP contribution in [0.4, 0.5) is 0 Å². The first-order chi connectivity index (χ1) is 10.6. The smallest absolute Gasteiger partial charge is 0.255 e. The molecule has 3 heterocycles. The maximum absolute atomic E-state index is 12.6. The molecular formula is C16H20N4O2. The van der Waals surface area contributed by atoms with E-state index in [1.54, 1.807) is 36.3 Å². The van der Waals surface area contributed by atoms with Gasteiger partial charge in [0.05, 0.1) is 11.7 Å². The van der Waals surface area contributed by atoms with E-state index in [-0.39, 0.29) is 17.9 Å². The molecule has 1 amide bonds. The lowest BCUT2D eigenvalue weighted by molar-refractivity contribution is 0.0466. The molecule has 6 heteroatoms. The minimum absolute atomic E-state index is 0.0185. The number of pyridine rings is 1. The number of carbonyl (C=O) groups is 1. The first kappa shape index (κ1) is 14.7. The number of imidazole rings is 1. The molecule has 116 valence electrons. The van der Waals surface area contributed by atoms with Gasteiger partial charge >= 0.3 is 0 Å². The normalized spacial score (nSPS) is 19.9. The Kier molecular flexibility index (Phi) is 4.20. The Morgan fingerprint density at radius 3 is 2.95 bits per heavy atom. The highest BCUT2D eigenvalue weighted by Gasteiger charge is 2.27. The number of aliphatic hydroxyl groups is 1. The average Bonchev–Trinajstić information content (AvgIpc) is 3.09. The van der Waals surface area contributed by atoms with Crippen molar-refractivity contribution in [2.45, 2.75) is 25.9 Å². The van der Waals surface area contributed by atoms with E-state index in [4.69, 9.17) is 0 Å². The molecule has 1 fully saturated rings. The van der Waals surface area contributed by atoms with E-state index in [0.29, 0.717) is 12.1 Å². The fourth-order valence-electron chi connectivity index (χ4n) is 2.83. The Morgan fingerprint density at radius 1 is 1.45 bits per heavy atom. The number of piperidine rings is 1. The van der Waals surface area contributed by atoms with Crippen molar-refractivity contribution in [3.63, 3.8) is 0 Å². The van der Waals surface area contributed by atoms with Gasteiger partial charge in [-0.1, -0.05) is 0 Å². The minimum Gasteiger partial charge on any atom is -0.393 e. The second kappa shape index (κ2) is 6.27. The third kappa shape index (κ3) is 3.01. The Labute approximate surface area is 129 Å². The number of amides is 1. The summed E-state index contributed by atoms with van der Waals surface area (Å²) in [5.41, 5.74) is 0.579. The zero-order chi connectivity index (χ0) is 15.5. The lowest BCUT2D eigenvalue weighted by Crippen LogP contribution is -2.42. The molecule has 6 nitrogen and oxygen atoms in total. The van der Waals surface area contributed by atoms with Gasteiger partial charge in [-0.15, -0.1) is 0 Å². The van der Waals surface area contributed by atoms with Gasteiger partial charge in [0.1, 0.15) is 12.1 Å². The predicted molar refractivity (Wildman–Crippen MR) is 81.7 cm³/mol. The van der Waals surface area contributed by atoms with Gasteiger partial charge in [0, 0.05) is 37.6 Å². The van der Waals surface area contributed by atoms with Gasteiger partial charge < -0.3 is 10.0 Å². The van der Waals surface area contributed by atoms with Crippen molar-refractivity contribution >= 4 is 5.91 Å². The maximum atomic E-state index is 12.6. The molecule has 2 aromatic heterocycles. The van der Waals surface area contributed by atoms with E-state index in [1.807, 2.05) is 17.2 Å². The van der Waals surface area contributed by atoms with Crippen LogP contribution in [0, 0.1) is 5.92 Å². The number of nitrogens with zero attached hydrogens (tertiary/aromatic N) is 4. The molecule has 0 saturated carbocycles. The second-order valence-electron chi connectivity index (χ2n) is 5.77. The molecule has 0 spiro atoms. The number of hydrogen-bond acceptors (Lipinski definition) is 4. The summed E-state index contributed by atoms with van der Waals surface area (Å²) in [6.45, 7) is 3.14. The van der Waals surface area contributed by atoms with Crippen LogP contribution in [0.2, 0.25) is 0 Å². The molecule has 1 aliphatic heterocycles. The van der Waals surface area contributed by atoms with Crippen molar-refractivity contribution in [2.75, 3.05) is 13.1 Å². The van der Waals surface area contributed by atoms with Crippen molar-refractivity contribution in [3.05, 3.63) is 42.6 Å². The summed E-state index contributed by atoms with van der Waals surface area (Å²) in [6.07, 6.45) is 8.29. The molecule has 0 bridgehead atoms. The van der Waals surface area contributed by atoms with Crippen molar-refractivity contribution in [3.8, 4) is 5.82 Å². The first-order valence-corrected chi connectivity index (χ1v) is 7.57. The summed E-state index contributed by atoms with van der Waals surface area (Å²) in [5.74, 6) is 0.875. The molecule has 0 aliphatic carbocycles. The summed E-state index contributed by atoms with van der Waals surface area (Å²) in [7, 11) is 0. The van der Waals surface area contributed by atoms with Crippen molar-refractivity contribution in [1.29, 1.82) is 0 Å². The third-order valence-electron chi connectivity index (χ3n) is 4.19. The van der Waals surface area contributed by atoms with Gasteiger partial charge in [0.25, 0.3) is 5.91 Å². The highest BCUT2D eigenvalue weighted by atomic mass is 16.3. The van der Waals surface area contributed by atoms with Crippen molar-refractivity contribution in [1.82, 2.24) is 19.4 Å². The molecule has 1 aliphatic rings. The van der Waals surface area contributed by atoms with Gasteiger partial charge in [-0.3, -0.25) is 9.36 Å². The van der Waals surface area contributed by atoms with Crippen LogP contribution < -0.4 is 0 Å². The fraction of sp³-hybridized carbons (Fsp3) is 0.438. The van der Waals surface area contributed by atoms with Crippen LogP contribution in [0.25, 0.3) is 5.82 Å². The number of aromatic nitrogens is 3. The zero-order valence-electron chi connectivity index (χ0n) is 12.6. The summed E-state index contributed by atoms with van der Waals surface area (Å²) >= 11 is 0. The maximum Gasteiger partial charge on any atom is 0.255 e. The van der Waals surface area contributed by atoms with Gasteiger partial charge in [-0.05, 0) is 31.9 Å². The van der Waals surface area contributed by atoms with Crippen molar-refractivity contribution < 1.29 is 9.90 Å². The number of hydrogen-bond donors (Lipinski definition) is 1. The molecule has 0 radical (unpaired) electrons. The average molecular weight is 300 g/mol. The van der Waals surface area contributed by atoms with Crippen LogP contribution in [0.1, 0.15) is 30.1 Å². The summed E-state index contributed by atoms with van der Waals surface area (Å²) in [6, 6.07) is 3.60. The Balaban J connectivity index is 1.72. The summed E-state index contributed by atoms with van der Waals surface area (Å²) in [5, 5.41) is 9.73. The highest BCUT2D eigenvalue weighted by molar-refractivity contribution is 5.94.